The maximum absolute atomic E-state index is 11.0. The van der Waals surface area contributed by atoms with Gasteiger partial charge in [-0.3, -0.25) is 0 Å². The lowest BCUT2D eigenvalue weighted by Gasteiger charge is -2.23. The fourth-order valence-corrected chi connectivity index (χ4v) is 4.32. The molecule has 0 radical (unpaired) electrons. The lowest BCUT2D eigenvalue weighted by molar-refractivity contribution is 0.0396. The van der Waals surface area contributed by atoms with E-state index in [9.17, 15) is 5.11 Å². The molecule has 4 heteroatoms. The van der Waals surface area contributed by atoms with E-state index >= 15 is 0 Å². The van der Waals surface area contributed by atoms with Crippen molar-refractivity contribution in [3.05, 3.63) is 50.1 Å². The van der Waals surface area contributed by atoms with E-state index in [4.69, 9.17) is 4.74 Å². The van der Waals surface area contributed by atoms with E-state index in [-0.39, 0.29) is 0 Å². The van der Waals surface area contributed by atoms with E-state index in [0.717, 1.165) is 27.9 Å². The molecule has 0 spiro atoms. The molecule has 2 aromatic rings. The molecule has 0 saturated carbocycles. The van der Waals surface area contributed by atoms with Gasteiger partial charge in [-0.05, 0) is 64.2 Å². The van der Waals surface area contributed by atoms with Crippen LogP contribution in [-0.4, -0.2) is 12.2 Å². The van der Waals surface area contributed by atoms with Crippen molar-refractivity contribution in [1.29, 1.82) is 0 Å². The molecule has 2 nitrogen and oxygen atoms in total. The summed E-state index contributed by atoms with van der Waals surface area (Å²) in [5.74, 6) is 0.812. The second-order valence-electron chi connectivity index (χ2n) is 4.94. The molecule has 0 fully saturated rings. The summed E-state index contributed by atoms with van der Waals surface area (Å²) < 4.78 is 6.38. The molecule has 1 atom stereocenters. The fraction of sp³-hybridized carbons (Fsp3) is 0.333. The van der Waals surface area contributed by atoms with Crippen LogP contribution in [0.4, 0.5) is 0 Å². The molecule has 0 saturated heterocycles. The van der Waals surface area contributed by atoms with Crippen molar-refractivity contribution in [2.75, 3.05) is 7.11 Å². The summed E-state index contributed by atoms with van der Waals surface area (Å²) in [6.45, 7) is 0. The molecular weight excluding hydrogens is 324 g/mol. The topological polar surface area (TPSA) is 29.5 Å². The first-order valence-corrected chi connectivity index (χ1v) is 7.86. The molecule has 1 aliphatic rings. The molecule has 0 bridgehead atoms. The summed E-state index contributed by atoms with van der Waals surface area (Å²) >= 11 is 5.15. The number of hydrogen-bond donors (Lipinski definition) is 1. The first-order valence-electron chi connectivity index (χ1n) is 6.25. The summed E-state index contributed by atoms with van der Waals surface area (Å²) in [6, 6.07) is 10.1. The minimum Gasteiger partial charge on any atom is -0.497 e. The number of methoxy groups -OCH3 is 1. The van der Waals surface area contributed by atoms with Crippen LogP contribution >= 0.6 is 27.3 Å². The summed E-state index contributed by atoms with van der Waals surface area (Å²) in [5, 5.41) is 11.0. The molecule has 1 N–H and O–H groups in total. The Hall–Kier alpha value is -0.840. The van der Waals surface area contributed by atoms with E-state index in [0.29, 0.717) is 6.42 Å². The van der Waals surface area contributed by atoms with Crippen LogP contribution in [0.5, 0.6) is 5.75 Å². The van der Waals surface area contributed by atoms with Gasteiger partial charge >= 0.3 is 0 Å². The molecule has 3 rings (SSSR count). The van der Waals surface area contributed by atoms with Crippen molar-refractivity contribution in [2.45, 2.75) is 24.9 Å². The number of aliphatic hydroxyl groups is 1. The van der Waals surface area contributed by atoms with Gasteiger partial charge in [0.1, 0.15) is 5.75 Å². The summed E-state index contributed by atoms with van der Waals surface area (Å²) in [6.07, 6.45) is 2.39. The van der Waals surface area contributed by atoms with Crippen molar-refractivity contribution in [3.8, 4) is 5.75 Å². The molecule has 0 amide bonds. The van der Waals surface area contributed by atoms with E-state index in [1.165, 1.54) is 10.4 Å². The van der Waals surface area contributed by atoms with Crippen LogP contribution in [0.15, 0.2) is 34.1 Å². The van der Waals surface area contributed by atoms with Crippen molar-refractivity contribution in [1.82, 2.24) is 0 Å². The molecule has 19 heavy (non-hydrogen) atoms. The number of hydrogen-bond acceptors (Lipinski definition) is 3. The average Bonchev–Trinajstić information content (AvgIpc) is 2.94. The minimum atomic E-state index is -0.756. The standard InChI is InChI=1S/C15H15BrO2S/c1-18-11-3-2-10-6-7-15(17,13(10)8-11)9-12-4-5-14(16)19-12/h2-5,8,17H,6-7,9H2,1H3. The Bertz CT molecular complexity index is 608. The second kappa shape index (κ2) is 4.93. The highest BCUT2D eigenvalue weighted by atomic mass is 79.9. The number of rotatable bonds is 3. The Morgan fingerprint density at radius 3 is 2.89 bits per heavy atom. The number of thiophene rings is 1. The third kappa shape index (κ3) is 2.45. The van der Waals surface area contributed by atoms with Crippen LogP contribution in [0, 0.1) is 0 Å². The maximum Gasteiger partial charge on any atom is 0.119 e. The molecular formula is C15H15BrO2S. The molecule has 1 unspecified atom stereocenters. The summed E-state index contributed by atoms with van der Waals surface area (Å²) in [4.78, 5) is 1.20. The van der Waals surface area contributed by atoms with Crippen molar-refractivity contribution < 1.29 is 9.84 Å². The highest BCUT2D eigenvalue weighted by Gasteiger charge is 2.37. The third-order valence-electron chi connectivity index (χ3n) is 3.72. The SMILES string of the molecule is COc1ccc2c(c1)C(O)(Cc1ccc(Br)s1)CC2. The molecule has 0 aliphatic heterocycles. The molecule has 1 heterocycles. The fourth-order valence-electron chi connectivity index (χ4n) is 2.73. The number of fused-ring (bicyclic) bond motifs is 1. The monoisotopic (exact) mass is 338 g/mol. The predicted octanol–water partition coefficient (Wildman–Crippen LogP) is 3.90. The van der Waals surface area contributed by atoms with Crippen LogP contribution in [0.2, 0.25) is 0 Å². The summed E-state index contributed by atoms with van der Waals surface area (Å²) in [7, 11) is 1.66. The van der Waals surface area contributed by atoms with E-state index in [2.05, 4.69) is 28.1 Å². The lowest BCUT2D eigenvalue weighted by Crippen LogP contribution is -2.24. The smallest absolute Gasteiger partial charge is 0.119 e. The zero-order valence-corrected chi connectivity index (χ0v) is 13.1. The second-order valence-corrected chi connectivity index (χ2v) is 7.48. The first kappa shape index (κ1) is 13.2. The lowest BCUT2D eigenvalue weighted by atomic mass is 9.91. The van der Waals surface area contributed by atoms with Gasteiger partial charge in [0.15, 0.2) is 0 Å². The van der Waals surface area contributed by atoms with Crippen molar-refractivity contribution in [2.24, 2.45) is 0 Å². The van der Waals surface area contributed by atoms with Gasteiger partial charge in [-0.1, -0.05) is 6.07 Å². The van der Waals surface area contributed by atoms with Gasteiger partial charge in [-0.25, -0.2) is 0 Å². The van der Waals surface area contributed by atoms with Crippen LogP contribution in [0.25, 0.3) is 0 Å². The number of ether oxygens (including phenoxy) is 1. The Labute approximate surface area is 125 Å². The first-order chi connectivity index (χ1) is 9.10. The molecule has 1 aromatic heterocycles. The van der Waals surface area contributed by atoms with E-state index in [1.54, 1.807) is 18.4 Å². The van der Waals surface area contributed by atoms with Gasteiger partial charge in [0.25, 0.3) is 0 Å². The highest BCUT2D eigenvalue weighted by molar-refractivity contribution is 9.11. The third-order valence-corrected chi connectivity index (χ3v) is 5.35. The molecule has 1 aromatic carbocycles. The quantitative estimate of drug-likeness (QED) is 0.919. The van der Waals surface area contributed by atoms with Crippen LogP contribution in [0.1, 0.15) is 22.4 Å². The van der Waals surface area contributed by atoms with Crippen LogP contribution in [0.3, 0.4) is 0 Å². The number of halogens is 1. The zero-order valence-electron chi connectivity index (χ0n) is 10.6. The van der Waals surface area contributed by atoms with Crippen molar-refractivity contribution >= 4 is 27.3 Å². The molecule has 1 aliphatic carbocycles. The van der Waals surface area contributed by atoms with E-state index in [1.807, 2.05) is 18.2 Å². The van der Waals surface area contributed by atoms with Gasteiger partial charge in [0, 0.05) is 11.3 Å². The van der Waals surface area contributed by atoms with E-state index < -0.39 is 5.60 Å². The van der Waals surface area contributed by atoms with Crippen molar-refractivity contribution in [3.63, 3.8) is 0 Å². The van der Waals surface area contributed by atoms with Gasteiger partial charge in [0.05, 0.1) is 16.5 Å². The van der Waals surface area contributed by atoms with Gasteiger partial charge in [-0.15, -0.1) is 11.3 Å². The average molecular weight is 339 g/mol. The molecule has 100 valence electrons. The number of aryl methyl sites for hydroxylation is 1. The highest BCUT2D eigenvalue weighted by Crippen LogP contribution is 2.42. The summed E-state index contributed by atoms with van der Waals surface area (Å²) in [5.41, 5.74) is 1.50. The largest absolute Gasteiger partial charge is 0.497 e. The maximum atomic E-state index is 11.0. The normalized spacial score (nSPS) is 21.4. The Kier molecular flexibility index (Phi) is 3.41. The predicted molar refractivity (Wildman–Crippen MR) is 80.9 cm³/mol. The Morgan fingerprint density at radius 2 is 2.21 bits per heavy atom. The van der Waals surface area contributed by atoms with Gasteiger partial charge in [-0.2, -0.15) is 0 Å². The Morgan fingerprint density at radius 1 is 1.37 bits per heavy atom. The number of benzene rings is 1. The van der Waals surface area contributed by atoms with Gasteiger partial charge in [0.2, 0.25) is 0 Å². The van der Waals surface area contributed by atoms with Crippen LogP contribution in [-0.2, 0) is 18.4 Å². The Balaban J connectivity index is 1.94. The zero-order chi connectivity index (χ0) is 13.5. The van der Waals surface area contributed by atoms with Gasteiger partial charge < -0.3 is 9.84 Å². The minimum absolute atomic E-state index is 0.670. The van der Waals surface area contributed by atoms with Crippen LogP contribution < -0.4 is 4.74 Å².